The van der Waals surface area contributed by atoms with Crippen molar-refractivity contribution in [2.45, 2.75) is 33.2 Å². The summed E-state index contributed by atoms with van der Waals surface area (Å²) in [7, 11) is 1.23. The summed E-state index contributed by atoms with van der Waals surface area (Å²) in [5.74, 6) is -1.50. The van der Waals surface area contributed by atoms with Crippen LogP contribution in [0.1, 0.15) is 25.8 Å². The van der Waals surface area contributed by atoms with E-state index in [9.17, 15) is 19.2 Å². The molecule has 0 aliphatic heterocycles. The molecule has 1 atom stereocenters. The minimum absolute atomic E-state index is 0.153. The van der Waals surface area contributed by atoms with E-state index in [0.29, 0.717) is 17.8 Å². The maximum Gasteiger partial charge on any atom is 0.344 e. The quantitative estimate of drug-likeness (QED) is 0.482. The average Bonchev–Trinajstić information content (AvgIpc) is 2.68. The lowest BCUT2D eigenvalue weighted by molar-refractivity contribution is -0.151. The molecule has 1 aromatic heterocycles. The molecule has 1 N–H and O–H groups in total. The van der Waals surface area contributed by atoms with Crippen molar-refractivity contribution in [2.24, 2.45) is 5.92 Å². The molecule has 1 aromatic carbocycles. The van der Waals surface area contributed by atoms with Crippen molar-refractivity contribution in [1.82, 2.24) is 5.32 Å². The van der Waals surface area contributed by atoms with Gasteiger partial charge in [0.05, 0.1) is 7.11 Å². The molecule has 0 aliphatic rings. The molecule has 1 amide bonds. The van der Waals surface area contributed by atoms with Crippen molar-refractivity contribution in [3.05, 3.63) is 40.2 Å². The summed E-state index contributed by atoms with van der Waals surface area (Å²) in [6, 6.07) is 5.41. The lowest BCUT2D eigenvalue weighted by atomic mass is 10.0. The number of esters is 2. The third-order valence-electron chi connectivity index (χ3n) is 4.17. The van der Waals surface area contributed by atoms with E-state index in [4.69, 9.17) is 13.9 Å². The molecule has 0 spiro atoms. The van der Waals surface area contributed by atoms with E-state index in [1.54, 1.807) is 19.1 Å². The summed E-state index contributed by atoms with van der Waals surface area (Å²) >= 11 is 0. The van der Waals surface area contributed by atoms with Crippen LogP contribution in [0.4, 0.5) is 0 Å². The van der Waals surface area contributed by atoms with Crippen molar-refractivity contribution in [1.29, 1.82) is 0 Å². The Morgan fingerprint density at radius 3 is 2.53 bits per heavy atom. The van der Waals surface area contributed by atoms with Gasteiger partial charge >= 0.3 is 17.6 Å². The second-order valence-corrected chi connectivity index (χ2v) is 7.13. The molecule has 0 unspecified atom stereocenters. The van der Waals surface area contributed by atoms with Crippen LogP contribution in [-0.4, -0.2) is 44.2 Å². The molecule has 9 nitrogen and oxygen atoms in total. The number of fused-ring (bicyclic) bond motifs is 1. The molecular weight excluding hydrogens is 394 g/mol. The highest BCUT2D eigenvalue weighted by Crippen LogP contribution is 2.22. The van der Waals surface area contributed by atoms with Crippen molar-refractivity contribution in [3.8, 4) is 5.75 Å². The first kappa shape index (κ1) is 22.9. The highest BCUT2D eigenvalue weighted by molar-refractivity contribution is 5.86. The molecule has 1 heterocycles. The summed E-state index contributed by atoms with van der Waals surface area (Å²) in [6.07, 6.45) is 0.396. The Kier molecular flexibility index (Phi) is 7.97. The smallest absolute Gasteiger partial charge is 0.344 e. The monoisotopic (exact) mass is 419 g/mol. The molecule has 0 saturated carbocycles. The molecule has 0 saturated heterocycles. The van der Waals surface area contributed by atoms with E-state index in [1.807, 2.05) is 13.8 Å². The summed E-state index contributed by atoms with van der Waals surface area (Å²) in [6.45, 7) is 4.59. The first-order valence-electron chi connectivity index (χ1n) is 9.39. The number of methoxy groups -OCH3 is 1. The maximum absolute atomic E-state index is 12.0. The first-order valence-corrected chi connectivity index (χ1v) is 9.39. The summed E-state index contributed by atoms with van der Waals surface area (Å²) in [5, 5.41) is 3.24. The molecule has 30 heavy (non-hydrogen) atoms. The summed E-state index contributed by atoms with van der Waals surface area (Å²) in [4.78, 5) is 47.0. The van der Waals surface area contributed by atoms with Crippen molar-refractivity contribution in [2.75, 3.05) is 20.3 Å². The van der Waals surface area contributed by atoms with Crippen LogP contribution < -0.4 is 15.7 Å². The summed E-state index contributed by atoms with van der Waals surface area (Å²) < 4.78 is 20.0. The van der Waals surface area contributed by atoms with Crippen molar-refractivity contribution >= 4 is 28.8 Å². The van der Waals surface area contributed by atoms with Crippen LogP contribution in [0, 0.1) is 12.8 Å². The Balaban J connectivity index is 1.85. The Morgan fingerprint density at radius 2 is 1.87 bits per heavy atom. The number of aryl methyl sites for hydroxylation is 1. The molecular formula is C21H25NO8. The third kappa shape index (κ3) is 6.61. The zero-order valence-corrected chi connectivity index (χ0v) is 17.4. The molecule has 0 fully saturated rings. The van der Waals surface area contributed by atoms with Gasteiger partial charge in [-0.15, -0.1) is 0 Å². The minimum atomic E-state index is -0.812. The second-order valence-electron chi connectivity index (χ2n) is 7.13. The number of ether oxygens (including phenoxy) is 3. The van der Waals surface area contributed by atoms with Gasteiger partial charge in [0.25, 0.3) is 5.91 Å². The lowest BCUT2D eigenvalue weighted by Crippen LogP contribution is -2.44. The predicted molar refractivity (Wildman–Crippen MR) is 107 cm³/mol. The molecule has 162 valence electrons. The number of carbonyl (C=O) groups is 3. The van der Waals surface area contributed by atoms with Gasteiger partial charge in [0.15, 0.2) is 13.2 Å². The van der Waals surface area contributed by atoms with Gasteiger partial charge < -0.3 is 23.9 Å². The van der Waals surface area contributed by atoms with Crippen molar-refractivity contribution < 1.29 is 33.0 Å². The third-order valence-corrected chi connectivity index (χ3v) is 4.17. The fourth-order valence-electron chi connectivity index (χ4n) is 2.79. The Bertz CT molecular complexity index is 979. The van der Waals surface area contributed by atoms with Gasteiger partial charge in [-0.3, -0.25) is 4.79 Å². The second kappa shape index (κ2) is 10.4. The van der Waals surface area contributed by atoms with E-state index in [0.717, 1.165) is 10.9 Å². The average molecular weight is 419 g/mol. The fourth-order valence-corrected chi connectivity index (χ4v) is 2.79. The number of hydrogen-bond donors (Lipinski definition) is 1. The fraction of sp³-hybridized carbons (Fsp3) is 0.429. The summed E-state index contributed by atoms with van der Waals surface area (Å²) in [5.41, 5.74) is 0.621. The minimum Gasteiger partial charge on any atom is -0.482 e. The molecule has 2 aromatic rings. The van der Waals surface area contributed by atoms with Gasteiger partial charge in [-0.2, -0.15) is 0 Å². The SMILES string of the molecule is COC(=O)[C@H](CC(C)C)NC(=O)COC(=O)COc1ccc2c(C)cc(=O)oc2c1. The van der Waals surface area contributed by atoms with Gasteiger partial charge in [-0.25, -0.2) is 14.4 Å². The first-order chi connectivity index (χ1) is 14.2. The van der Waals surface area contributed by atoms with Crippen LogP contribution in [0.3, 0.4) is 0 Å². The molecule has 2 rings (SSSR count). The molecule has 0 aliphatic carbocycles. The molecule has 0 radical (unpaired) electrons. The van der Waals surface area contributed by atoms with Crippen molar-refractivity contribution in [3.63, 3.8) is 0 Å². The standard InChI is InChI=1S/C21H25NO8/c1-12(2)7-16(21(26)27-4)22-18(23)10-29-20(25)11-28-14-5-6-15-13(3)8-19(24)30-17(15)9-14/h5-6,8-9,12,16H,7,10-11H2,1-4H3,(H,22,23)/t16-/m0/s1. The Labute approximate surface area is 173 Å². The van der Waals surface area contributed by atoms with Crippen LogP contribution in [0.2, 0.25) is 0 Å². The number of nitrogens with one attached hydrogen (secondary N) is 1. The van der Waals surface area contributed by atoms with Crippen LogP contribution in [-0.2, 0) is 23.9 Å². The van der Waals surface area contributed by atoms with Gasteiger partial charge in [0.1, 0.15) is 17.4 Å². The van der Waals surface area contributed by atoms with Gasteiger partial charge in [-0.1, -0.05) is 13.8 Å². The van der Waals surface area contributed by atoms with E-state index in [1.165, 1.54) is 19.2 Å². The zero-order valence-electron chi connectivity index (χ0n) is 17.4. The Morgan fingerprint density at radius 1 is 1.13 bits per heavy atom. The Hall–Kier alpha value is -3.36. The molecule has 0 bridgehead atoms. The van der Waals surface area contributed by atoms with Gasteiger partial charge in [0.2, 0.25) is 0 Å². The largest absolute Gasteiger partial charge is 0.482 e. The van der Waals surface area contributed by atoms with Gasteiger partial charge in [-0.05, 0) is 37.0 Å². The highest BCUT2D eigenvalue weighted by atomic mass is 16.6. The molecule has 9 heteroatoms. The van der Waals surface area contributed by atoms with E-state index in [-0.39, 0.29) is 5.92 Å². The van der Waals surface area contributed by atoms with Gasteiger partial charge in [0, 0.05) is 17.5 Å². The zero-order chi connectivity index (χ0) is 22.3. The van der Waals surface area contributed by atoms with E-state index in [2.05, 4.69) is 10.1 Å². The number of carbonyl (C=O) groups excluding carboxylic acids is 3. The van der Waals surface area contributed by atoms with Crippen LogP contribution in [0.25, 0.3) is 11.0 Å². The highest BCUT2D eigenvalue weighted by Gasteiger charge is 2.23. The maximum atomic E-state index is 12.0. The van der Waals surface area contributed by atoms with Crippen LogP contribution in [0.15, 0.2) is 33.5 Å². The topological polar surface area (TPSA) is 121 Å². The number of amides is 1. The normalized spacial score (nSPS) is 11.8. The van der Waals surface area contributed by atoms with E-state index < -0.39 is 42.7 Å². The predicted octanol–water partition coefficient (Wildman–Crippen LogP) is 1.73. The number of hydrogen-bond acceptors (Lipinski definition) is 8. The van der Waals surface area contributed by atoms with Crippen LogP contribution >= 0.6 is 0 Å². The number of benzene rings is 1. The van der Waals surface area contributed by atoms with Crippen LogP contribution in [0.5, 0.6) is 5.75 Å². The lowest BCUT2D eigenvalue weighted by Gasteiger charge is -2.18. The number of rotatable bonds is 9. The van der Waals surface area contributed by atoms with E-state index >= 15 is 0 Å².